The van der Waals surface area contributed by atoms with Gasteiger partial charge in [0.05, 0.1) is 5.56 Å². The molecule has 3 N–H and O–H groups in total. The highest BCUT2D eigenvalue weighted by Gasteiger charge is 2.08. The molecule has 1 aromatic rings. The van der Waals surface area contributed by atoms with E-state index in [1.165, 1.54) is 12.1 Å². The first kappa shape index (κ1) is 9.03. The summed E-state index contributed by atoms with van der Waals surface area (Å²) < 4.78 is 0. The minimum atomic E-state index is -0.980. The summed E-state index contributed by atoms with van der Waals surface area (Å²) in [4.78, 5) is 10.6. The highest BCUT2D eigenvalue weighted by Crippen LogP contribution is 2.15. The Morgan fingerprint density at radius 2 is 2.25 bits per heavy atom. The van der Waals surface area contributed by atoms with Gasteiger partial charge in [-0.25, -0.2) is 4.79 Å². The summed E-state index contributed by atoms with van der Waals surface area (Å²) in [7, 11) is 0. The fraction of sp³-hybridized carbons (Fsp3) is 0.125. The molecule has 0 aliphatic heterocycles. The fourth-order valence-corrected chi connectivity index (χ4v) is 1.13. The lowest BCUT2D eigenvalue weighted by atomic mass is 10.1. The van der Waals surface area contributed by atoms with Gasteiger partial charge in [-0.3, -0.25) is 0 Å². The van der Waals surface area contributed by atoms with Crippen LogP contribution in [0.15, 0.2) is 18.2 Å². The van der Waals surface area contributed by atoms with Crippen molar-refractivity contribution in [2.24, 2.45) is 5.73 Å². The highest BCUT2D eigenvalue weighted by atomic mass is 35.5. The third-order valence-electron chi connectivity index (χ3n) is 1.52. The second-order valence-electron chi connectivity index (χ2n) is 2.31. The van der Waals surface area contributed by atoms with Crippen molar-refractivity contribution in [2.45, 2.75) is 6.54 Å². The van der Waals surface area contributed by atoms with Crippen molar-refractivity contribution in [3.63, 3.8) is 0 Å². The lowest BCUT2D eigenvalue weighted by Crippen LogP contribution is -2.06. The molecule has 0 saturated heterocycles. The molecule has 0 atom stereocenters. The van der Waals surface area contributed by atoms with Gasteiger partial charge in [0.1, 0.15) is 0 Å². The number of halogens is 1. The molecule has 0 aliphatic carbocycles. The maximum atomic E-state index is 10.6. The first-order valence-corrected chi connectivity index (χ1v) is 3.74. The van der Waals surface area contributed by atoms with Crippen LogP contribution >= 0.6 is 11.6 Å². The lowest BCUT2D eigenvalue weighted by Gasteiger charge is -2.02. The molecular weight excluding hydrogens is 178 g/mol. The average molecular weight is 186 g/mol. The molecule has 0 saturated carbocycles. The topological polar surface area (TPSA) is 63.3 Å². The predicted molar refractivity (Wildman–Crippen MR) is 46.3 cm³/mol. The Morgan fingerprint density at radius 1 is 1.58 bits per heavy atom. The predicted octanol–water partition coefficient (Wildman–Crippen LogP) is 1.50. The van der Waals surface area contributed by atoms with Gasteiger partial charge in [0, 0.05) is 11.6 Å². The summed E-state index contributed by atoms with van der Waals surface area (Å²) >= 11 is 5.65. The van der Waals surface area contributed by atoms with Crippen LogP contribution in [0.1, 0.15) is 15.9 Å². The Labute approximate surface area is 74.8 Å². The summed E-state index contributed by atoms with van der Waals surface area (Å²) in [6.07, 6.45) is 0. The van der Waals surface area contributed by atoms with E-state index in [2.05, 4.69) is 0 Å². The molecule has 0 spiro atoms. The molecule has 0 fully saturated rings. The molecule has 4 heteroatoms. The molecule has 3 nitrogen and oxygen atoms in total. The van der Waals surface area contributed by atoms with E-state index in [0.29, 0.717) is 10.6 Å². The number of carbonyl (C=O) groups is 1. The van der Waals surface area contributed by atoms with Crippen LogP contribution in [0.4, 0.5) is 0 Å². The second kappa shape index (κ2) is 3.56. The normalized spacial score (nSPS) is 9.83. The van der Waals surface area contributed by atoms with Gasteiger partial charge in [-0.1, -0.05) is 11.6 Å². The summed E-state index contributed by atoms with van der Waals surface area (Å²) in [5, 5.41) is 9.19. The van der Waals surface area contributed by atoms with E-state index in [-0.39, 0.29) is 12.1 Å². The van der Waals surface area contributed by atoms with Crippen molar-refractivity contribution in [1.29, 1.82) is 0 Å². The molecule has 1 aromatic carbocycles. The summed E-state index contributed by atoms with van der Waals surface area (Å²) in [5.41, 5.74) is 6.10. The molecule has 12 heavy (non-hydrogen) atoms. The van der Waals surface area contributed by atoms with Crippen molar-refractivity contribution in [2.75, 3.05) is 0 Å². The van der Waals surface area contributed by atoms with Crippen LogP contribution in [0.5, 0.6) is 0 Å². The SMILES string of the molecule is NCc1cc(Cl)ccc1C(=O)O. The zero-order valence-corrected chi connectivity index (χ0v) is 7.01. The highest BCUT2D eigenvalue weighted by molar-refractivity contribution is 6.30. The molecule has 0 bridgehead atoms. The molecule has 64 valence electrons. The zero-order chi connectivity index (χ0) is 9.14. The van der Waals surface area contributed by atoms with Gasteiger partial charge >= 0.3 is 5.97 Å². The Morgan fingerprint density at radius 3 is 2.75 bits per heavy atom. The number of hydrogen-bond donors (Lipinski definition) is 2. The third kappa shape index (κ3) is 1.75. The summed E-state index contributed by atoms with van der Waals surface area (Å²) in [6, 6.07) is 4.54. The number of carboxylic acids is 1. The Kier molecular flexibility index (Phi) is 2.68. The van der Waals surface area contributed by atoms with Gasteiger partial charge in [-0.05, 0) is 23.8 Å². The van der Waals surface area contributed by atoms with Crippen LogP contribution < -0.4 is 5.73 Å². The minimum Gasteiger partial charge on any atom is -0.478 e. The molecule has 0 amide bonds. The van der Waals surface area contributed by atoms with E-state index in [1.807, 2.05) is 0 Å². The number of nitrogens with two attached hydrogens (primary N) is 1. The summed E-state index contributed by atoms with van der Waals surface area (Å²) in [6.45, 7) is 0.183. The van der Waals surface area contributed by atoms with Crippen LogP contribution in [0.3, 0.4) is 0 Å². The monoisotopic (exact) mass is 185 g/mol. The van der Waals surface area contributed by atoms with E-state index in [0.717, 1.165) is 0 Å². The quantitative estimate of drug-likeness (QED) is 0.734. The number of hydrogen-bond acceptors (Lipinski definition) is 2. The molecule has 0 aliphatic rings. The number of benzene rings is 1. The van der Waals surface area contributed by atoms with E-state index in [4.69, 9.17) is 22.4 Å². The minimum absolute atomic E-state index is 0.183. The largest absolute Gasteiger partial charge is 0.478 e. The number of carboxylic acid groups (broad SMARTS) is 1. The van der Waals surface area contributed by atoms with Gasteiger partial charge in [-0.15, -0.1) is 0 Å². The maximum absolute atomic E-state index is 10.6. The lowest BCUT2D eigenvalue weighted by molar-refractivity contribution is 0.0695. The molecular formula is C8H8ClNO2. The zero-order valence-electron chi connectivity index (χ0n) is 6.25. The van der Waals surface area contributed by atoms with Gasteiger partial charge < -0.3 is 10.8 Å². The second-order valence-corrected chi connectivity index (χ2v) is 2.75. The van der Waals surface area contributed by atoms with Crippen LogP contribution in [0, 0.1) is 0 Å². The molecule has 1 rings (SSSR count). The van der Waals surface area contributed by atoms with Crippen LogP contribution in [-0.2, 0) is 6.54 Å². The van der Waals surface area contributed by atoms with Crippen molar-refractivity contribution < 1.29 is 9.90 Å². The number of aromatic carboxylic acids is 1. The Hall–Kier alpha value is -1.06. The molecule has 0 heterocycles. The van der Waals surface area contributed by atoms with Crippen LogP contribution in [0.2, 0.25) is 5.02 Å². The van der Waals surface area contributed by atoms with Crippen molar-refractivity contribution in [1.82, 2.24) is 0 Å². The first-order valence-electron chi connectivity index (χ1n) is 3.37. The van der Waals surface area contributed by atoms with Gasteiger partial charge in [0.15, 0.2) is 0 Å². The van der Waals surface area contributed by atoms with Gasteiger partial charge in [-0.2, -0.15) is 0 Å². The van der Waals surface area contributed by atoms with Gasteiger partial charge in [0.25, 0.3) is 0 Å². The average Bonchev–Trinajstić information content (AvgIpc) is 2.03. The van der Waals surface area contributed by atoms with E-state index in [9.17, 15) is 4.79 Å². The summed E-state index contributed by atoms with van der Waals surface area (Å²) in [5.74, 6) is -0.980. The van der Waals surface area contributed by atoms with E-state index in [1.54, 1.807) is 6.07 Å². The van der Waals surface area contributed by atoms with Crippen molar-refractivity contribution in [3.8, 4) is 0 Å². The van der Waals surface area contributed by atoms with E-state index < -0.39 is 5.97 Å². The smallest absolute Gasteiger partial charge is 0.336 e. The number of rotatable bonds is 2. The molecule has 0 unspecified atom stereocenters. The van der Waals surface area contributed by atoms with Crippen LogP contribution in [0.25, 0.3) is 0 Å². The third-order valence-corrected chi connectivity index (χ3v) is 1.75. The van der Waals surface area contributed by atoms with Crippen LogP contribution in [-0.4, -0.2) is 11.1 Å². The van der Waals surface area contributed by atoms with E-state index >= 15 is 0 Å². The van der Waals surface area contributed by atoms with Crippen molar-refractivity contribution in [3.05, 3.63) is 34.3 Å². The Bertz CT molecular complexity index is 312. The first-order chi connectivity index (χ1) is 5.65. The fourth-order valence-electron chi connectivity index (χ4n) is 0.940. The maximum Gasteiger partial charge on any atom is 0.336 e. The Balaban J connectivity index is 3.20. The standard InChI is InChI=1S/C8H8ClNO2/c9-6-1-2-7(8(11)12)5(3-6)4-10/h1-3H,4,10H2,(H,11,12). The van der Waals surface area contributed by atoms with Crippen molar-refractivity contribution >= 4 is 17.6 Å². The molecule has 0 radical (unpaired) electrons. The van der Waals surface area contributed by atoms with Gasteiger partial charge in [0.2, 0.25) is 0 Å². The molecule has 0 aromatic heterocycles.